The number of ether oxygens (including phenoxy) is 4. The zero-order valence-electron chi connectivity index (χ0n) is 12.7. The van der Waals surface area contributed by atoms with Crippen molar-refractivity contribution in [1.82, 2.24) is 0 Å². The van der Waals surface area contributed by atoms with E-state index < -0.39 is 31.1 Å². The van der Waals surface area contributed by atoms with Crippen molar-refractivity contribution in [3.05, 3.63) is 35.4 Å². The Morgan fingerprint density at radius 3 is 1.52 bits per heavy atom. The molecule has 0 N–H and O–H groups in total. The van der Waals surface area contributed by atoms with Crippen LogP contribution in [0.15, 0.2) is 24.3 Å². The average Bonchev–Trinajstić information content (AvgIpc) is 2.52. The third-order valence-corrected chi connectivity index (χ3v) is 2.56. The van der Waals surface area contributed by atoms with Crippen LogP contribution in [0.5, 0.6) is 0 Å². The van der Waals surface area contributed by atoms with Crippen LogP contribution in [0, 0.1) is 0 Å². The first-order valence-corrected chi connectivity index (χ1v) is 6.52. The molecule has 8 heteroatoms. The maximum absolute atomic E-state index is 11.7. The van der Waals surface area contributed by atoms with Crippen LogP contribution >= 0.6 is 0 Å². The molecule has 0 aromatic heterocycles. The molecule has 1 aromatic carbocycles. The standard InChI is InChI=1S/C15H16O8.6CH4/c1-10(16)11-3-5-12(6-4-11)15(19)23-9-22-14(18)7-13(17)21-8-20-2;;;;;;/h3-6H,7-9H2,1-2H3;6*1H4. The van der Waals surface area contributed by atoms with Crippen LogP contribution in [0.3, 0.4) is 0 Å². The summed E-state index contributed by atoms with van der Waals surface area (Å²) in [6, 6.07) is 5.81. The number of benzene rings is 1. The minimum absolute atomic E-state index is 0. The van der Waals surface area contributed by atoms with Gasteiger partial charge in [0.15, 0.2) is 12.6 Å². The second kappa shape index (κ2) is 21.6. The molecule has 1 rings (SSSR count). The molecule has 1 aromatic rings. The number of esters is 3. The molecule has 0 radical (unpaired) electrons. The average molecular weight is 421 g/mol. The number of hydrogen-bond donors (Lipinski definition) is 0. The van der Waals surface area contributed by atoms with E-state index in [0.29, 0.717) is 5.56 Å². The third-order valence-electron chi connectivity index (χ3n) is 2.56. The van der Waals surface area contributed by atoms with Crippen LogP contribution < -0.4 is 0 Å². The maximum Gasteiger partial charge on any atom is 0.340 e. The van der Waals surface area contributed by atoms with Crippen molar-refractivity contribution in [3.8, 4) is 0 Å². The van der Waals surface area contributed by atoms with Gasteiger partial charge in [0, 0.05) is 12.7 Å². The van der Waals surface area contributed by atoms with E-state index in [0.717, 1.165) is 0 Å². The Hall–Kier alpha value is -2.74. The van der Waals surface area contributed by atoms with E-state index in [1.54, 1.807) is 0 Å². The molecule has 0 fully saturated rings. The lowest BCUT2D eigenvalue weighted by atomic mass is 10.1. The Bertz CT molecular complexity index is 579. The SMILES string of the molecule is C.C.C.C.C.C.COCOC(=O)CC(=O)OCOC(=O)c1ccc(C(C)=O)cc1. The van der Waals surface area contributed by atoms with Gasteiger partial charge in [0.05, 0.1) is 5.56 Å². The van der Waals surface area contributed by atoms with E-state index in [9.17, 15) is 19.2 Å². The van der Waals surface area contributed by atoms with Gasteiger partial charge in [-0.2, -0.15) is 0 Å². The lowest BCUT2D eigenvalue weighted by Crippen LogP contribution is -2.17. The van der Waals surface area contributed by atoms with Crippen molar-refractivity contribution in [3.63, 3.8) is 0 Å². The Balaban J connectivity index is -0.000000220. The van der Waals surface area contributed by atoms with E-state index in [-0.39, 0.29) is 62.7 Å². The minimum Gasteiger partial charge on any atom is -0.438 e. The fourth-order valence-electron chi connectivity index (χ4n) is 1.42. The molecule has 0 amide bonds. The maximum atomic E-state index is 11.7. The number of hydrogen-bond acceptors (Lipinski definition) is 8. The Labute approximate surface area is 176 Å². The van der Waals surface area contributed by atoms with Gasteiger partial charge in [-0.3, -0.25) is 14.4 Å². The highest BCUT2D eigenvalue weighted by molar-refractivity contribution is 5.96. The number of rotatable bonds is 8. The zero-order chi connectivity index (χ0) is 17.2. The summed E-state index contributed by atoms with van der Waals surface area (Å²) in [4.78, 5) is 45.1. The Morgan fingerprint density at radius 1 is 0.690 bits per heavy atom. The van der Waals surface area contributed by atoms with Crippen LogP contribution in [-0.2, 0) is 28.5 Å². The van der Waals surface area contributed by atoms with Crippen LogP contribution in [0.4, 0.5) is 0 Å². The summed E-state index contributed by atoms with van der Waals surface area (Å²) >= 11 is 0. The number of ketones is 1. The molecule has 0 bridgehead atoms. The van der Waals surface area contributed by atoms with Gasteiger partial charge < -0.3 is 18.9 Å². The lowest BCUT2D eigenvalue weighted by Gasteiger charge is -2.07. The predicted molar refractivity (Wildman–Crippen MR) is 116 cm³/mol. The smallest absolute Gasteiger partial charge is 0.340 e. The normalized spacial score (nSPS) is 7.79. The van der Waals surface area contributed by atoms with Gasteiger partial charge in [0.2, 0.25) is 6.79 Å². The van der Waals surface area contributed by atoms with Gasteiger partial charge in [0.25, 0.3) is 0 Å². The quantitative estimate of drug-likeness (QED) is 0.253. The summed E-state index contributed by atoms with van der Waals surface area (Å²) in [5, 5.41) is 0. The second-order valence-corrected chi connectivity index (χ2v) is 4.30. The summed E-state index contributed by atoms with van der Waals surface area (Å²) in [7, 11) is 1.33. The highest BCUT2D eigenvalue weighted by atomic mass is 16.7. The summed E-state index contributed by atoms with van der Waals surface area (Å²) in [6.07, 6.45) is -0.617. The van der Waals surface area contributed by atoms with Gasteiger partial charge in [-0.25, -0.2) is 4.79 Å². The van der Waals surface area contributed by atoms with Crippen molar-refractivity contribution in [2.75, 3.05) is 20.7 Å². The monoisotopic (exact) mass is 420 g/mol. The molecule has 0 saturated carbocycles. The van der Waals surface area contributed by atoms with Crippen molar-refractivity contribution < 1.29 is 38.1 Å². The summed E-state index contributed by atoms with van der Waals surface area (Å²) in [5.74, 6) is -2.57. The minimum atomic E-state index is -0.897. The molecule has 0 aliphatic rings. The second-order valence-electron chi connectivity index (χ2n) is 4.30. The fraction of sp³-hybridized carbons (Fsp3) is 0.524. The molecule has 0 heterocycles. The van der Waals surface area contributed by atoms with Gasteiger partial charge in [-0.05, 0) is 19.1 Å². The van der Waals surface area contributed by atoms with Crippen LogP contribution in [0.1, 0.15) is 78.6 Å². The van der Waals surface area contributed by atoms with Gasteiger partial charge in [0.1, 0.15) is 6.42 Å². The molecule has 8 nitrogen and oxygen atoms in total. The van der Waals surface area contributed by atoms with E-state index in [2.05, 4.69) is 14.2 Å². The third kappa shape index (κ3) is 16.0. The van der Waals surface area contributed by atoms with Crippen molar-refractivity contribution >= 4 is 23.7 Å². The molecule has 0 saturated heterocycles. The largest absolute Gasteiger partial charge is 0.438 e. The topological polar surface area (TPSA) is 105 Å². The van der Waals surface area contributed by atoms with Crippen molar-refractivity contribution in [1.29, 1.82) is 0 Å². The molecular weight excluding hydrogens is 380 g/mol. The van der Waals surface area contributed by atoms with Gasteiger partial charge in [-0.15, -0.1) is 0 Å². The molecule has 0 unspecified atom stereocenters. The lowest BCUT2D eigenvalue weighted by molar-refractivity contribution is -0.164. The molecular formula is C21H40O8. The molecule has 29 heavy (non-hydrogen) atoms. The Morgan fingerprint density at radius 2 is 1.10 bits per heavy atom. The number of methoxy groups -OCH3 is 1. The Kier molecular flexibility index (Phi) is 30.3. The van der Waals surface area contributed by atoms with E-state index in [4.69, 9.17) is 4.74 Å². The van der Waals surface area contributed by atoms with Gasteiger partial charge >= 0.3 is 17.9 Å². The van der Waals surface area contributed by atoms with E-state index in [1.165, 1.54) is 38.3 Å². The molecule has 0 aliphatic carbocycles. The first-order chi connectivity index (χ1) is 10.9. The number of carbonyl (C=O) groups is 4. The molecule has 0 aliphatic heterocycles. The number of Topliss-reactive ketones (excluding diaryl/α,β-unsaturated/α-hetero) is 1. The predicted octanol–water partition coefficient (Wildman–Crippen LogP) is 4.90. The van der Waals surface area contributed by atoms with Crippen LogP contribution in [0.25, 0.3) is 0 Å². The van der Waals surface area contributed by atoms with Crippen molar-refractivity contribution in [2.45, 2.75) is 57.9 Å². The van der Waals surface area contributed by atoms with Gasteiger partial charge in [-0.1, -0.05) is 56.7 Å². The highest BCUT2D eigenvalue weighted by Gasteiger charge is 2.13. The molecule has 0 spiro atoms. The summed E-state index contributed by atoms with van der Waals surface area (Å²) < 4.78 is 18.3. The zero-order valence-corrected chi connectivity index (χ0v) is 12.7. The van der Waals surface area contributed by atoms with E-state index in [1.807, 2.05) is 0 Å². The highest BCUT2D eigenvalue weighted by Crippen LogP contribution is 2.07. The van der Waals surface area contributed by atoms with Crippen LogP contribution in [0.2, 0.25) is 0 Å². The number of carbonyl (C=O) groups excluding carboxylic acids is 4. The molecule has 0 atom stereocenters. The first kappa shape index (κ1) is 40.8. The summed E-state index contributed by atoms with van der Waals surface area (Å²) in [5.41, 5.74) is 0.660. The summed E-state index contributed by atoms with van der Waals surface area (Å²) in [6.45, 7) is 0.505. The first-order valence-electron chi connectivity index (χ1n) is 6.52. The van der Waals surface area contributed by atoms with E-state index >= 15 is 0 Å². The van der Waals surface area contributed by atoms with Crippen molar-refractivity contribution in [2.24, 2.45) is 0 Å². The van der Waals surface area contributed by atoms with Crippen LogP contribution in [-0.4, -0.2) is 44.4 Å². The fourth-order valence-corrected chi connectivity index (χ4v) is 1.42. The molecule has 172 valence electrons.